The summed E-state index contributed by atoms with van der Waals surface area (Å²) in [5.74, 6) is -0.444. The number of carbonyl (C=O) groups excluding carboxylic acids is 2. The van der Waals surface area contributed by atoms with E-state index in [1.54, 1.807) is 6.92 Å². The summed E-state index contributed by atoms with van der Waals surface area (Å²) in [7, 11) is 0. The van der Waals surface area contributed by atoms with Crippen molar-refractivity contribution < 1.29 is 14.3 Å². The van der Waals surface area contributed by atoms with Crippen LogP contribution in [0.15, 0.2) is 28.7 Å². The van der Waals surface area contributed by atoms with Gasteiger partial charge in [0.25, 0.3) is 5.91 Å². The third-order valence-corrected chi connectivity index (χ3v) is 4.49. The van der Waals surface area contributed by atoms with Gasteiger partial charge in [-0.1, -0.05) is 22.0 Å². The number of rotatable bonds is 3. The number of nitrogens with zero attached hydrogens (tertiary/aromatic N) is 2. The lowest BCUT2D eigenvalue weighted by Gasteiger charge is -2.14. The standard InChI is InChI=1S/C17H19BrN4O3/c1-2-25-17(24)20-19-16(23)15-13-8-3-4-9-14(13)22(21-15)12-7-5-6-11(18)10-12/h5-7,10H,2-4,8-9H2,1H3,(H,19,23)(H,20,24). The average Bonchev–Trinajstić information content (AvgIpc) is 3.00. The summed E-state index contributed by atoms with van der Waals surface area (Å²) in [4.78, 5) is 23.8. The lowest BCUT2D eigenvalue weighted by atomic mass is 9.95. The Morgan fingerprint density at radius 1 is 1.28 bits per heavy atom. The molecule has 0 bridgehead atoms. The van der Waals surface area contributed by atoms with Crippen LogP contribution in [0, 0.1) is 0 Å². The number of hydrogen-bond donors (Lipinski definition) is 2. The zero-order valence-electron chi connectivity index (χ0n) is 13.8. The van der Waals surface area contributed by atoms with E-state index >= 15 is 0 Å². The highest BCUT2D eigenvalue weighted by Crippen LogP contribution is 2.27. The molecule has 0 saturated heterocycles. The van der Waals surface area contributed by atoms with Crippen molar-refractivity contribution in [3.63, 3.8) is 0 Å². The molecule has 2 aromatic rings. The molecular weight excluding hydrogens is 388 g/mol. The van der Waals surface area contributed by atoms with Gasteiger partial charge >= 0.3 is 6.09 Å². The maximum atomic E-state index is 12.5. The number of amides is 2. The normalized spacial score (nSPS) is 13.0. The van der Waals surface area contributed by atoms with Gasteiger partial charge in [0.2, 0.25) is 0 Å². The van der Waals surface area contributed by atoms with Gasteiger partial charge in [-0.2, -0.15) is 5.10 Å². The van der Waals surface area contributed by atoms with Crippen molar-refractivity contribution in [1.29, 1.82) is 0 Å². The van der Waals surface area contributed by atoms with Gasteiger partial charge < -0.3 is 4.74 Å². The lowest BCUT2D eigenvalue weighted by Crippen LogP contribution is -2.42. The monoisotopic (exact) mass is 406 g/mol. The molecule has 1 heterocycles. The summed E-state index contributed by atoms with van der Waals surface area (Å²) in [6, 6.07) is 7.78. The average molecular weight is 407 g/mol. The highest BCUT2D eigenvalue weighted by Gasteiger charge is 2.25. The van der Waals surface area contributed by atoms with Crippen LogP contribution in [-0.4, -0.2) is 28.4 Å². The smallest absolute Gasteiger partial charge is 0.426 e. The summed E-state index contributed by atoms with van der Waals surface area (Å²) in [6.07, 6.45) is 3.05. The molecule has 132 valence electrons. The van der Waals surface area contributed by atoms with Crippen molar-refractivity contribution in [3.05, 3.63) is 45.7 Å². The van der Waals surface area contributed by atoms with Gasteiger partial charge in [-0.25, -0.2) is 14.9 Å². The summed E-state index contributed by atoms with van der Waals surface area (Å²) >= 11 is 3.46. The Morgan fingerprint density at radius 2 is 2.08 bits per heavy atom. The topological polar surface area (TPSA) is 85.2 Å². The predicted molar refractivity (Wildman–Crippen MR) is 95.5 cm³/mol. The minimum Gasteiger partial charge on any atom is -0.449 e. The zero-order chi connectivity index (χ0) is 17.8. The van der Waals surface area contributed by atoms with Gasteiger partial charge in [-0.15, -0.1) is 0 Å². The van der Waals surface area contributed by atoms with E-state index in [0.29, 0.717) is 5.69 Å². The van der Waals surface area contributed by atoms with Crippen LogP contribution in [0.1, 0.15) is 41.5 Å². The predicted octanol–water partition coefficient (Wildman–Crippen LogP) is 2.90. The summed E-state index contributed by atoms with van der Waals surface area (Å²) in [5.41, 5.74) is 7.81. The van der Waals surface area contributed by atoms with Crippen LogP contribution in [-0.2, 0) is 17.6 Å². The summed E-state index contributed by atoms with van der Waals surface area (Å²) < 4.78 is 7.50. The molecule has 3 rings (SSSR count). The first-order chi connectivity index (χ1) is 12.1. The Hall–Kier alpha value is -2.35. The number of carbonyl (C=O) groups is 2. The third kappa shape index (κ3) is 3.84. The van der Waals surface area contributed by atoms with Crippen LogP contribution < -0.4 is 10.9 Å². The number of hydrazine groups is 1. The van der Waals surface area contributed by atoms with Gasteiger partial charge in [0.1, 0.15) is 0 Å². The fourth-order valence-electron chi connectivity index (χ4n) is 2.94. The molecule has 1 aliphatic carbocycles. The molecule has 8 heteroatoms. The van der Waals surface area contributed by atoms with E-state index in [0.717, 1.165) is 47.1 Å². The van der Waals surface area contributed by atoms with Crippen molar-refractivity contribution in [2.24, 2.45) is 0 Å². The molecule has 0 radical (unpaired) electrons. The van der Waals surface area contributed by atoms with Gasteiger partial charge in [0.15, 0.2) is 5.69 Å². The van der Waals surface area contributed by atoms with Gasteiger partial charge in [0.05, 0.1) is 12.3 Å². The van der Waals surface area contributed by atoms with Crippen molar-refractivity contribution >= 4 is 27.9 Å². The minimum atomic E-state index is -0.698. The minimum absolute atomic E-state index is 0.231. The van der Waals surface area contributed by atoms with Gasteiger partial charge in [0, 0.05) is 15.7 Å². The Morgan fingerprint density at radius 3 is 2.84 bits per heavy atom. The number of fused-ring (bicyclic) bond motifs is 1. The van der Waals surface area contributed by atoms with E-state index in [1.165, 1.54) is 0 Å². The molecule has 0 saturated carbocycles. The van der Waals surface area contributed by atoms with Gasteiger partial charge in [-0.05, 0) is 50.8 Å². The fraction of sp³-hybridized carbons (Fsp3) is 0.353. The summed E-state index contributed by atoms with van der Waals surface area (Å²) in [6.45, 7) is 1.92. The zero-order valence-corrected chi connectivity index (χ0v) is 15.4. The molecule has 1 aromatic carbocycles. The van der Waals surface area contributed by atoms with Crippen LogP contribution in [0.3, 0.4) is 0 Å². The highest BCUT2D eigenvalue weighted by molar-refractivity contribution is 9.10. The fourth-order valence-corrected chi connectivity index (χ4v) is 3.32. The maximum absolute atomic E-state index is 12.5. The highest BCUT2D eigenvalue weighted by atomic mass is 79.9. The Bertz CT molecular complexity index is 803. The molecule has 7 nitrogen and oxygen atoms in total. The molecule has 0 fully saturated rings. The number of halogens is 1. The van der Waals surface area contributed by atoms with E-state index in [1.807, 2.05) is 28.9 Å². The summed E-state index contributed by atoms with van der Waals surface area (Å²) in [5, 5.41) is 4.52. The van der Waals surface area contributed by atoms with E-state index in [2.05, 4.69) is 31.9 Å². The number of hydrogen-bond acceptors (Lipinski definition) is 4. The van der Waals surface area contributed by atoms with Crippen LogP contribution in [0.4, 0.5) is 4.79 Å². The number of ether oxygens (including phenoxy) is 1. The van der Waals surface area contributed by atoms with E-state index < -0.39 is 12.0 Å². The second-order valence-corrected chi connectivity index (χ2v) is 6.59. The van der Waals surface area contributed by atoms with Crippen LogP contribution in [0.25, 0.3) is 5.69 Å². The quantitative estimate of drug-likeness (QED) is 0.767. The van der Waals surface area contributed by atoms with Crippen LogP contribution in [0.2, 0.25) is 0 Å². The first-order valence-electron chi connectivity index (χ1n) is 8.20. The number of nitrogens with one attached hydrogen (secondary N) is 2. The van der Waals surface area contributed by atoms with E-state index in [-0.39, 0.29) is 6.61 Å². The van der Waals surface area contributed by atoms with Crippen molar-refractivity contribution in [2.75, 3.05) is 6.61 Å². The van der Waals surface area contributed by atoms with Crippen LogP contribution in [0.5, 0.6) is 0 Å². The molecule has 2 amide bonds. The Labute approximate surface area is 153 Å². The number of benzene rings is 1. The molecular formula is C17H19BrN4O3. The molecule has 25 heavy (non-hydrogen) atoms. The van der Waals surface area contributed by atoms with E-state index in [4.69, 9.17) is 4.74 Å². The molecule has 0 unspecified atom stereocenters. The Kier molecular flexibility index (Phi) is 5.37. The van der Waals surface area contributed by atoms with E-state index in [9.17, 15) is 9.59 Å². The molecule has 0 spiro atoms. The third-order valence-electron chi connectivity index (χ3n) is 4.00. The first kappa shape index (κ1) is 17.5. The first-order valence-corrected chi connectivity index (χ1v) is 8.99. The second kappa shape index (κ2) is 7.69. The van der Waals surface area contributed by atoms with Crippen molar-refractivity contribution in [2.45, 2.75) is 32.6 Å². The molecule has 1 aliphatic rings. The molecule has 2 N–H and O–H groups in total. The SMILES string of the molecule is CCOC(=O)NNC(=O)c1nn(-c2cccc(Br)c2)c2c1CCCC2. The Balaban J connectivity index is 1.90. The number of aromatic nitrogens is 2. The van der Waals surface area contributed by atoms with Crippen molar-refractivity contribution in [3.8, 4) is 5.69 Å². The molecule has 0 atom stereocenters. The van der Waals surface area contributed by atoms with Gasteiger partial charge in [-0.3, -0.25) is 10.2 Å². The largest absolute Gasteiger partial charge is 0.449 e. The van der Waals surface area contributed by atoms with Crippen molar-refractivity contribution in [1.82, 2.24) is 20.6 Å². The maximum Gasteiger partial charge on any atom is 0.426 e. The molecule has 0 aliphatic heterocycles. The van der Waals surface area contributed by atoms with Crippen LogP contribution >= 0.6 is 15.9 Å². The second-order valence-electron chi connectivity index (χ2n) is 5.67. The molecule has 1 aromatic heterocycles. The lowest BCUT2D eigenvalue weighted by molar-refractivity contribution is 0.0906.